The number of carbonyl (C=O) groups excluding carboxylic acids is 1. The van der Waals surface area contributed by atoms with E-state index in [2.05, 4.69) is 24.0 Å². The van der Waals surface area contributed by atoms with Crippen molar-refractivity contribution in [2.45, 2.75) is 32.4 Å². The molecule has 4 nitrogen and oxygen atoms in total. The summed E-state index contributed by atoms with van der Waals surface area (Å²) in [5.74, 6) is 0.723. The van der Waals surface area contributed by atoms with E-state index in [1.807, 2.05) is 73.7 Å². The van der Waals surface area contributed by atoms with Crippen LogP contribution in [0.4, 0.5) is 4.79 Å². The fraction of sp³-hybridized carbons (Fsp3) is 0.200. The number of nitrogens with one attached hydrogen (secondary N) is 1. The summed E-state index contributed by atoms with van der Waals surface area (Å²) >= 11 is 0. The normalized spacial score (nSPS) is 18.4. The first-order valence-corrected chi connectivity index (χ1v) is 9.90. The fourth-order valence-electron chi connectivity index (χ4n) is 3.42. The Morgan fingerprint density at radius 2 is 1.76 bits per heavy atom. The number of benzene rings is 2. The third kappa shape index (κ3) is 5.32. The smallest absolute Gasteiger partial charge is 0.294 e. The van der Waals surface area contributed by atoms with Gasteiger partial charge in [-0.25, -0.2) is 4.79 Å². The van der Waals surface area contributed by atoms with Crippen molar-refractivity contribution in [1.29, 1.82) is 0 Å². The van der Waals surface area contributed by atoms with Gasteiger partial charge in [0, 0.05) is 5.70 Å². The predicted molar refractivity (Wildman–Crippen MR) is 120 cm³/mol. The molecule has 0 saturated carbocycles. The minimum atomic E-state index is -0.142. The summed E-state index contributed by atoms with van der Waals surface area (Å²) in [5, 5.41) is 2.99. The molecule has 0 spiro atoms. The third-order valence-corrected chi connectivity index (χ3v) is 4.88. The lowest BCUT2D eigenvalue weighted by Gasteiger charge is -2.24. The summed E-state index contributed by atoms with van der Waals surface area (Å²) in [7, 11) is 0. The highest BCUT2D eigenvalue weighted by molar-refractivity contribution is 6.08. The lowest BCUT2D eigenvalue weighted by atomic mass is 10.0. The Balaban J connectivity index is 1.86. The van der Waals surface area contributed by atoms with E-state index in [0.717, 1.165) is 29.9 Å². The molecule has 1 unspecified atom stereocenters. The van der Waals surface area contributed by atoms with Gasteiger partial charge in [-0.15, -0.1) is 0 Å². The summed E-state index contributed by atoms with van der Waals surface area (Å²) in [6.45, 7) is 6.20. The molecule has 2 amide bonds. The van der Waals surface area contributed by atoms with E-state index in [4.69, 9.17) is 4.99 Å². The van der Waals surface area contributed by atoms with E-state index in [0.29, 0.717) is 6.54 Å². The van der Waals surface area contributed by atoms with Crippen LogP contribution in [0.5, 0.6) is 0 Å². The molecule has 1 N–H and O–H groups in total. The Labute approximate surface area is 173 Å². The average Bonchev–Trinajstić information content (AvgIpc) is 3.08. The zero-order valence-corrected chi connectivity index (χ0v) is 16.8. The van der Waals surface area contributed by atoms with Gasteiger partial charge in [0.25, 0.3) is 0 Å². The van der Waals surface area contributed by atoms with Crippen LogP contribution < -0.4 is 5.32 Å². The Bertz CT molecular complexity index is 914. The summed E-state index contributed by atoms with van der Waals surface area (Å²) in [5.41, 5.74) is 3.20. The van der Waals surface area contributed by atoms with Crippen molar-refractivity contribution >= 4 is 11.9 Å². The van der Waals surface area contributed by atoms with E-state index < -0.39 is 0 Å². The molecule has 148 valence electrons. The van der Waals surface area contributed by atoms with Crippen LogP contribution >= 0.6 is 0 Å². The molecule has 1 fully saturated rings. The Hall–Kier alpha value is -3.40. The topological polar surface area (TPSA) is 44.7 Å². The van der Waals surface area contributed by atoms with Crippen LogP contribution in [0.2, 0.25) is 0 Å². The number of hydrogen-bond acceptors (Lipinski definition) is 2. The molecule has 1 aliphatic rings. The molecule has 0 bridgehead atoms. The zero-order chi connectivity index (χ0) is 20.5. The van der Waals surface area contributed by atoms with Crippen LogP contribution in [0.15, 0.2) is 102 Å². The number of amides is 2. The quantitative estimate of drug-likeness (QED) is 0.619. The molecule has 1 aliphatic heterocycles. The van der Waals surface area contributed by atoms with E-state index in [-0.39, 0.29) is 12.1 Å². The van der Waals surface area contributed by atoms with Gasteiger partial charge in [0.15, 0.2) is 0 Å². The maximum atomic E-state index is 12.8. The van der Waals surface area contributed by atoms with Gasteiger partial charge in [0.05, 0.1) is 12.6 Å². The summed E-state index contributed by atoms with van der Waals surface area (Å²) in [4.78, 5) is 19.4. The maximum absolute atomic E-state index is 12.8. The number of aryl methyl sites for hydroxylation is 1. The maximum Gasteiger partial charge on any atom is 0.327 e. The second-order valence-electron chi connectivity index (χ2n) is 6.84. The van der Waals surface area contributed by atoms with E-state index >= 15 is 0 Å². The third-order valence-electron chi connectivity index (χ3n) is 4.88. The number of amidine groups is 1. The summed E-state index contributed by atoms with van der Waals surface area (Å²) < 4.78 is 0. The van der Waals surface area contributed by atoms with Crippen LogP contribution in [-0.2, 0) is 13.0 Å². The number of nitrogens with zero attached hydrogens (tertiary/aromatic N) is 2. The molecule has 3 rings (SSSR count). The Morgan fingerprint density at radius 3 is 2.38 bits per heavy atom. The SMILES string of the molecule is C=C/C=C\C(=C/C)N1C(=O)NC(=NCc2ccccc2)C1CCc1ccccc1. The average molecular weight is 386 g/mol. The second kappa shape index (κ2) is 10.2. The molecular formula is C25H27N3O. The van der Waals surface area contributed by atoms with Crippen molar-refractivity contribution in [1.82, 2.24) is 10.2 Å². The zero-order valence-electron chi connectivity index (χ0n) is 16.8. The molecule has 0 radical (unpaired) electrons. The first-order valence-electron chi connectivity index (χ1n) is 9.90. The molecule has 0 aliphatic carbocycles. The molecule has 0 aromatic heterocycles. The number of urea groups is 1. The highest BCUT2D eigenvalue weighted by Crippen LogP contribution is 2.23. The van der Waals surface area contributed by atoms with Crippen LogP contribution in [0, 0.1) is 0 Å². The monoisotopic (exact) mass is 385 g/mol. The number of aliphatic imine (C=N–C) groups is 1. The van der Waals surface area contributed by atoms with Gasteiger partial charge in [-0.3, -0.25) is 15.2 Å². The summed E-state index contributed by atoms with van der Waals surface area (Å²) in [6, 6.07) is 20.1. The van der Waals surface area contributed by atoms with Crippen molar-refractivity contribution in [3.63, 3.8) is 0 Å². The standard InChI is InChI=1S/C25H27N3O/c1-3-5-16-22(4-2)28-23(18-17-20-12-8-6-9-13-20)24(27-25(28)29)26-19-21-14-10-7-11-15-21/h3-16,23H,1,17-19H2,2H3,(H,26,27,29)/b16-5-,22-4+. The minimum Gasteiger partial charge on any atom is -0.294 e. The number of allylic oxidation sites excluding steroid dienone is 4. The highest BCUT2D eigenvalue weighted by atomic mass is 16.2. The first kappa shape index (κ1) is 20.3. The largest absolute Gasteiger partial charge is 0.327 e. The van der Waals surface area contributed by atoms with Crippen LogP contribution in [0.25, 0.3) is 0 Å². The molecular weight excluding hydrogens is 358 g/mol. The van der Waals surface area contributed by atoms with Crippen LogP contribution in [0.1, 0.15) is 24.5 Å². The molecule has 2 aromatic rings. The number of carbonyl (C=O) groups is 1. The first-order chi connectivity index (χ1) is 14.2. The lowest BCUT2D eigenvalue weighted by molar-refractivity contribution is 0.219. The molecule has 29 heavy (non-hydrogen) atoms. The molecule has 1 saturated heterocycles. The van der Waals surface area contributed by atoms with Gasteiger partial charge in [-0.05, 0) is 37.0 Å². The molecule has 1 heterocycles. The van der Waals surface area contributed by atoms with Gasteiger partial charge in [-0.1, -0.05) is 85.5 Å². The lowest BCUT2D eigenvalue weighted by Crippen LogP contribution is -2.34. The molecule has 4 heteroatoms. The van der Waals surface area contributed by atoms with Gasteiger partial charge >= 0.3 is 6.03 Å². The van der Waals surface area contributed by atoms with Crippen LogP contribution in [0.3, 0.4) is 0 Å². The van der Waals surface area contributed by atoms with E-state index in [1.54, 1.807) is 11.0 Å². The summed E-state index contributed by atoms with van der Waals surface area (Å²) in [6.07, 6.45) is 9.05. The van der Waals surface area contributed by atoms with Gasteiger partial charge < -0.3 is 0 Å². The van der Waals surface area contributed by atoms with Crippen molar-refractivity contribution < 1.29 is 4.79 Å². The van der Waals surface area contributed by atoms with Gasteiger partial charge in [0.1, 0.15) is 5.84 Å². The van der Waals surface area contributed by atoms with Crippen molar-refractivity contribution in [3.8, 4) is 0 Å². The minimum absolute atomic E-state index is 0.132. The Kier molecular flexibility index (Phi) is 7.17. The van der Waals surface area contributed by atoms with Crippen LogP contribution in [-0.4, -0.2) is 22.8 Å². The van der Waals surface area contributed by atoms with Gasteiger partial charge in [0.2, 0.25) is 0 Å². The molecule has 2 aromatic carbocycles. The number of hydrogen-bond donors (Lipinski definition) is 1. The predicted octanol–water partition coefficient (Wildman–Crippen LogP) is 5.26. The van der Waals surface area contributed by atoms with E-state index in [9.17, 15) is 4.79 Å². The highest BCUT2D eigenvalue weighted by Gasteiger charge is 2.37. The van der Waals surface area contributed by atoms with E-state index in [1.165, 1.54) is 5.56 Å². The number of rotatable bonds is 8. The van der Waals surface area contributed by atoms with Crippen molar-refractivity contribution in [2.24, 2.45) is 4.99 Å². The Morgan fingerprint density at radius 1 is 1.10 bits per heavy atom. The fourth-order valence-corrected chi connectivity index (χ4v) is 3.42. The van der Waals surface area contributed by atoms with Crippen molar-refractivity contribution in [3.05, 3.63) is 108 Å². The van der Waals surface area contributed by atoms with Crippen molar-refractivity contribution in [2.75, 3.05) is 0 Å². The molecule has 1 atom stereocenters. The second-order valence-corrected chi connectivity index (χ2v) is 6.84. The van der Waals surface area contributed by atoms with Gasteiger partial charge in [-0.2, -0.15) is 0 Å².